The number of halogens is 1. The molecule has 33 heavy (non-hydrogen) atoms. The van der Waals surface area contributed by atoms with Gasteiger partial charge in [0.15, 0.2) is 0 Å². The summed E-state index contributed by atoms with van der Waals surface area (Å²) in [6, 6.07) is 19.4. The third-order valence-electron chi connectivity index (χ3n) is 4.61. The Kier molecular flexibility index (Phi) is 8.21. The molecule has 8 heteroatoms. The van der Waals surface area contributed by atoms with Gasteiger partial charge in [-0.15, -0.1) is 11.8 Å². The molecule has 0 heterocycles. The predicted molar refractivity (Wildman–Crippen MR) is 130 cm³/mol. The fourth-order valence-corrected chi connectivity index (χ4v) is 4.01. The van der Waals surface area contributed by atoms with Crippen molar-refractivity contribution in [3.8, 4) is 0 Å². The van der Waals surface area contributed by atoms with E-state index in [1.54, 1.807) is 42.5 Å². The van der Waals surface area contributed by atoms with Gasteiger partial charge in [-0.1, -0.05) is 13.0 Å². The van der Waals surface area contributed by atoms with Gasteiger partial charge < -0.3 is 16.0 Å². The first-order valence-electron chi connectivity index (χ1n) is 10.4. The van der Waals surface area contributed by atoms with E-state index >= 15 is 0 Å². The molecule has 0 aliphatic rings. The Morgan fingerprint density at radius 2 is 1.48 bits per heavy atom. The molecule has 3 aromatic rings. The molecule has 0 aliphatic heterocycles. The number of anilines is 3. The summed E-state index contributed by atoms with van der Waals surface area (Å²) in [5, 5.41) is 8.02. The zero-order valence-corrected chi connectivity index (χ0v) is 19.0. The van der Waals surface area contributed by atoms with Crippen LogP contribution in [0.25, 0.3) is 0 Å². The van der Waals surface area contributed by atoms with Crippen LogP contribution in [0.3, 0.4) is 0 Å². The van der Waals surface area contributed by atoms with Crippen molar-refractivity contribution < 1.29 is 18.8 Å². The quantitative estimate of drug-likeness (QED) is 0.381. The molecule has 0 radical (unpaired) electrons. The first-order valence-corrected chi connectivity index (χ1v) is 11.2. The number of hydrogen-bond acceptors (Lipinski definition) is 4. The molecule has 0 aliphatic carbocycles. The molecule has 170 valence electrons. The molecule has 0 spiro atoms. The zero-order valence-electron chi connectivity index (χ0n) is 18.2. The minimum atomic E-state index is -0.405. The van der Waals surface area contributed by atoms with Crippen molar-refractivity contribution >= 4 is 46.5 Å². The highest BCUT2D eigenvalue weighted by Gasteiger charge is 2.18. The maximum Gasteiger partial charge on any atom is 0.255 e. The lowest BCUT2D eigenvalue weighted by Crippen LogP contribution is -2.24. The van der Waals surface area contributed by atoms with Crippen LogP contribution in [0, 0.1) is 5.82 Å². The summed E-state index contributed by atoms with van der Waals surface area (Å²) in [5.41, 5.74) is 2.22. The molecule has 0 aromatic heterocycles. The highest BCUT2D eigenvalue weighted by atomic mass is 32.2. The lowest BCUT2D eigenvalue weighted by molar-refractivity contribution is -0.116. The van der Waals surface area contributed by atoms with Crippen LogP contribution in [-0.2, 0) is 9.59 Å². The molecule has 0 bridgehead atoms. The summed E-state index contributed by atoms with van der Waals surface area (Å²) in [5.74, 6) is -1.05. The number of thioether (sulfide) groups is 1. The standard InChI is InChI=1S/C25H24FN3O3S/c1-3-23(25(32)28-20-13-11-19(12-14-20)27-16(2)30)33-22-6-4-5-21(15-22)29-24(31)17-7-9-18(26)10-8-17/h4-15,23H,3H2,1-2H3,(H,27,30)(H,28,32)(H,29,31). The molecular formula is C25H24FN3O3S. The van der Waals surface area contributed by atoms with E-state index in [9.17, 15) is 18.8 Å². The van der Waals surface area contributed by atoms with E-state index in [1.807, 2.05) is 13.0 Å². The van der Waals surface area contributed by atoms with Crippen molar-refractivity contribution in [1.82, 2.24) is 0 Å². The Labute approximate surface area is 196 Å². The van der Waals surface area contributed by atoms with E-state index in [0.29, 0.717) is 29.0 Å². The van der Waals surface area contributed by atoms with Crippen LogP contribution in [0.15, 0.2) is 77.7 Å². The van der Waals surface area contributed by atoms with Gasteiger partial charge in [-0.2, -0.15) is 0 Å². The lowest BCUT2D eigenvalue weighted by Gasteiger charge is -2.16. The van der Waals surface area contributed by atoms with Crippen LogP contribution in [0.1, 0.15) is 30.6 Å². The number of carbonyl (C=O) groups is 3. The fraction of sp³-hybridized carbons (Fsp3) is 0.160. The van der Waals surface area contributed by atoms with Gasteiger partial charge in [0.1, 0.15) is 5.82 Å². The van der Waals surface area contributed by atoms with E-state index in [4.69, 9.17) is 0 Å². The first kappa shape index (κ1) is 24.0. The maximum atomic E-state index is 13.1. The van der Waals surface area contributed by atoms with Crippen molar-refractivity contribution in [1.29, 1.82) is 0 Å². The highest BCUT2D eigenvalue weighted by Crippen LogP contribution is 2.29. The Hall–Kier alpha value is -3.65. The number of hydrogen-bond donors (Lipinski definition) is 3. The summed E-state index contributed by atoms with van der Waals surface area (Å²) < 4.78 is 13.1. The second kappa shape index (κ2) is 11.3. The van der Waals surface area contributed by atoms with Crippen molar-refractivity contribution in [2.45, 2.75) is 30.4 Å². The Morgan fingerprint density at radius 1 is 0.848 bits per heavy atom. The Bertz CT molecular complexity index is 1130. The Morgan fingerprint density at radius 3 is 2.09 bits per heavy atom. The summed E-state index contributed by atoms with van der Waals surface area (Å²) in [4.78, 5) is 37.1. The first-order chi connectivity index (χ1) is 15.8. The van der Waals surface area contributed by atoms with Gasteiger partial charge in [0.2, 0.25) is 11.8 Å². The van der Waals surface area contributed by atoms with Gasteiger partial charge >= 0.3 is 0 Å². The van der Waals surface area contributed by atoms with E-state index in [-0.39, 0.29) is 23.0 Å². The molecule has 0 saturated heterocycles. The van der Waals surface area contributed by atoms with Gasteiger partial charge in [0.25, 0.3) is 5.91 Å². The number of rotatable bonds is 8. The molecule has 3 aromatic carbocycles. The SMILES string of the molecule is CCC(Sc1cccc(NC(=O)c2ccc(F)cc2)c1)C(=O)Nc1ccc(NC(C)=O)cc1. The molecule has 1 unspecified atom stereocenters. The van der Waals surface area contributed by atoms with Crippen molar-refractivity contribution in [2.24, 2.45) is 0 Å². The van der Waals surface area contributed by atoms with E-state index in [2.05, 4.69) is 16.0 Å². The van der Waals surface area contributed by atoms with Gasteiger partial charge in [-0.05, 0) is 73.2 Å². The average Bonchev–Trinajstić information content (AvgIpc) is 2.79. The lowest BCUT2D eigenvalue weighted by atomic mass is 10.2. The third-order valence-corrected chi connectivity index (χ3v) is 5.97. The van der Waals surface area contributed by atoms with Crippen LogP contribution in [0.2, 0.25) is 0 Å². The highest BCUT2D eigenvalue weighted by molar-refractivity contribution is 8.00. The van der Waals surface area contributed by atoms with Crippen molar-refractivity contribution in [3.63, 3.8) is 0 Å². The number of nitrogens with one attached hydrogen (secondary N) is 3. The zero-order chi connectivity index (χ0) is 23.8. The van der Waals surface area contributed by atoms with Crippen LogP contribution in [0.5, 0.6) is 0 Å². The van der Waals surface area contributed by atoms with Crippen LogP contribution < -0.4 is 16.0 Å². The molecule has 0 fully saturated rings. The molecule has 1 atom stereocenters. The van der Waals surface area contributed by atoms with Crippen molar-refractivity contribution in [2.75, 3.05) is 16.0 Å². The van der Waals surface area contributed by atoms with E-state index in [1.165, 1.54) is 43.0 Å². The minimum Gasteiger partial charge on any atom is -0.326 e. The summed E-state index contributed by atoms with van der Waals surface area (Å²) in [6.45, 7) is 3.36. The molecule has 0 saturated carbocycles. The van der Waals surface area contributed by atoms with Gasteiger partial charge in [-0.3, -0.25) is 14.4 Å². The van der Waals surface area contributed by atoms with Gasteiger partial charge in [0, 0.05) is 34.4 Å². The molecule has 3 N–H and O–H groups in total. The summed E-state index contributed by atoms with van der Waals surface area (Å²) in [6.07, 6.45) is 0.604. The van der Waals surface area contributed by atoms with Crippen LogP contribution >= 0.6 is 11.8 Å². The van der Waals surface area contributed by atoms with Gasteiger partial charge in [0.05, 0.1) is 5.25 Å². The number of amides is 3. The topological polar surface area (TPSA) is 87.3 Å². The minimum absolute atomic E-state index is 0.143. The van der Waals surface area contributed by atoms with E-state index in [0.717, 1.165) is 4.90 Å². The monoisotopic (exact) mass is 465 g/mol. The maximum absolute atomic E-state index is 13.1. The molecule has 6 nitrogen and oxygen atoms in total. The second-order valence-electron chi connectivity index (χ2n) is 7.25. The smallest absolute Gasteiger partial charge is 0.255 e. The predicted octanol–water partition coefficient (Wildman–Crippen LogP) is 5.55. The third kappa shape index (κ3) is 7.18. The molecular weight excluding hydrogens is 441 g/mol. The molecule has 3 rings (SSSR count). The van der Waals surface area contributed by atoms with Crippen LogP contribution in [-0.4, -0.2) is 23.0 Å². The van der Waals surface area contributed by atoms with Crippen LogP contribution in [0.4, 0.5) is 21.5 Å². The summed E-state index contributed by atoms with van der Waals surface area (Å²) in [7, 11) is 0. The largest absolute Gasteiger partial charge is 0.326 e. The average molecular weight is 466 g/mol. The number of benzene rings is 3. The normalized spacial score (nSPS) is 11.4. The Balaban J connectivity index is 1.62. The fourth-order valence-electron chi connectivity index (χ4n) is 3.00. The second-order valence-corrected chi connectivity index (χ2v) is 8.53. The van der Waals surface area contributed by atoms with Crippen molar-refractivity contribution in [3.05, 3.63) is 84.2 Å². The molecule has 3 amide bonds. The summed E-state index contributed by atoms with van der Waals surface area (Å²) >= 11 is 1.40. The van der Waals surface area contributed by atoms with E-state index < -0.39 is 5.82 Å². The van der Waals surface area contributed by atoms with Gasteiger partial charge in [-0.25, -0.2) is 4.39 Å². The number of carbonyl (C=O) groups excluding carboxylic acids is 3.